The van der Waals surface area contributed by atoms with Crippen molar-refractivity contribution in [3.05, 3.63) is 52.1 Å². The SMILES string of the molecule is CCCCC(CC)c1nc2n(n1)C(=O)C(C#N)=C(C)/C2=N\c1sc(N(CCCC)CCCC)nc1-c1ccccc1Cl. The van der Waals surface area contributed by atoms with Crippen LogP contribution in [-0.4, -0.2) is 44.5 Å². The first-order valence-corrected chi connectivity index (χ1v) is 16.3. The van der Waals surface area contributed by atoms with Gasteiger partial charge in [0.05, 0.1) is 5.02 Å². The van der Waals surface area contributed by atoms with Gasteiger partial charge in [0.25, 0.3) is 5.91 Å². The third-order valence-electron chi connectivity index (χ3n) is 7.62. The van der Waals surface area contributed by atoms with Gasteiger partial charge >= 0.3 is 0 Å². The van der Waals surface area contributed by atoms with E-state index in [4.69, 9.17) is 26.6 Å². The predicted molar refractivity (Wildman–Crippen MR) is 172 cm³/mol. The van der Waals surface area contributed by atoms with Gasteiger partial charge in [0, 0.05) is 30.1 Å². The number of carbonyl (C=O) groups is 1. The summed E-state index contributed by atoms with van der Waals surface area (Å²) in [5, 5.41) is 16.7. The van der Waals surface area contributed by atoms with Crippen molar-refractivity contribution in [1.82, 2.24) is 19.7 Å². The number of nitriles is 1. The molecule has 0 fully saturated rings. The summed E-state index contributed by atoms with van der Waals surface area (Å²) < 4.78 is 1.26. The first-order chi connectivity index (χ1) is 20.4. The second-order valence-corrected chi connectivity index (χ2v) is 12.0. The molecule has 1 atom stereocenters. The molecule has 3 aromatic rings. The molecule has 0 bridgehead atoms. The number of hydrogen-bond acceptors (Lipinski definition) is 8. The molecule has 0 N–H and O–H groups in total. The van der Waals surface area contributed by atoms with Gasteiger partial charge in [-0.1, -0.05) is 94.5 Å². The third-order valence-corrected chi connectivity index (χ3v) is 8.96. The zero-order valence-electron chi connectivity index (χ0n) is 25.3. The minimum Gasteiger partial charge on any atom is -0.348 e. The highest BCUT2D eigenvalue weighted by molar-refractivity contribution is 7.19. The summed E-state index contributed by atoms with van der Waals surface area (Å²) in [6.45, 7) is 12.2. The van der Waals surface area contributed by atoms with Crippen LogP contribution in [0.4, 0.5) is 10.1 Å². The van der Waals surface area contributed by atoms with E-state index in [9.17, 15) is 10.1 Å². The molecular weight excluding hydrogens is 566 g/mol. The van der Waals surface area contributed by atoms with Gasteiger partial charge in [-0.3, -0.25) is 4.79 Å². The molecule has 1 aromatic carbocycles. The summed E-state index contributed by atoms with van der Waals surface area (Å²) in [6.07, 6.45) is 8.22. The molecule has 1 aliphatic rings. The van der Waals surface area contributed by atoms with Crippen molar-refractivity contribution in [2.45, 2.75) is 91.9 Å². The number of aromatic nitrogens is 4. The Morgan fingerprint density at radius 2 is 1.76 bits per heavy atom. The Labute approximate surface area is 258 Å². The number of anilines is 1. The van der Waals surface area contributed by atoms with Gasteiger partial charge in [-0.2, -0.15) is 9.94 Å². The van der Waals surface area contributed by atoms with Crippen LogP contribution in [0.3, 0.4) is 0 Å². The fourth-order valence-electron chi connectivity index (χ4n) is 5.02. The smallest absolute Gasteiger partial charge is 0.291 e. The van der Waals surface area contributed by atoms with E-state index in [2.05, 4.69) is 43.8 Å². The number of aliphatic imine (C=N–C) groups is 1. The van der Waals surface area contributed by atoms with Crippen LogP contribution in [0.2, 0.25) is 5.02 Å². The first kappa shape index (κ1) is 31.6. The van der Waals surface area contributed by atoms with Crippen molar-refractivity contribution in [2.24, 2.45) is 4.99 Å². The van der Waals surface area contributed by atoms with E-state index in [1.165, 1.54) is 16.0 Å². The minimum atomic E-state index is -0.463. The van der Waals surface area contributed by atoms with Crippen LogP contribution in [0, 0.1) is 11.3 Å². The van der Waals surface area contributed by atoms with Gasteiger partial charge in [-0.25, -0.2) is 15.0 Å². The Kier molecular flexibility index (Phi) is 11.1. The number of rotatable bonds is 14. The van der Waals surface area contributed by atoms with Crippen LogP contribution in [0.15, 0.2) is 40.4 Å². The fraction of sp³-hybridized carbons (Fsp3) is 0.500. The minimum absolute atomic E-state index is 0.0239. The second kappa shape index (κ2) is 14.7. The van der Waals surface area contributed by atoms with Crippen LogP contribution in [0.5, 0.6) is 0 Å². The number of benzene rings is 1. The molecule has 0 saturated heterocycles. The summed E-state index contributed by atoms with van der Waals surface area (Å²) in [7, 11) is 0. The van der Waals surface area contributed by atoms with E-state index in [0.717, 1.165) is 75.2 Å². The number of nitrogens with zero attached hydrogens (tertiary/aromatic N) is 7. The van der Waals surface area contributed by atoms with Crippen LogP contribution in [0.1, 0.15) is 108 Å². The molecule has 10 heteroatoms. The quantitative estimate of drug-likeness (QED) is 0.182. The summed E-state index contributed by atoms with van der Waals surface area (Å²) >= 11 is 8.18. The van der Waals surface area contributed by atoms with E-state index < -0.39 is 5.91 Å². The standard InChI is InChI=1S/C32H40ClN7OS/c1-6-10-15-22(9-4)28-37-29-26(21(5)24(20-34)31(41)40(29)38-28)35-30-27(23-16-13-14-17-25(23)33)36-32(42-30)39(18-11-7-2)19-12-8-3/h13-14,16-17,22H,6-12,15,18-19H2,1-5H3/b35-26+. The fourth-order valence-corrected chi connectivity index (χ4v) is 6.26. The number of hydrogen-bond donors (Lipinski definition) is 0. The number of allylic oxidation sites excluding steroid dienone is 2. The average molecular weight is 606 g/mol. The number of halogens is 1. The van der Waals surface area contributed by atoms with E-state index in [0.29, 0.717) is 38.7 Å². The normalized spacial score (nSPS) is 14.8. The molecule has 0 saturated carbocycles. The van der Waals surface area contributed by atoms with Crippen molar-refractivity contribution in [2.75, 3.05) is 18.0 Å². The van der Waals surface area contributed by atoms with Crippen molar-refractivity contribution < 1.29 is 4.79 Å². The van der Waals surface area contributed by atoms with Crippen LogP contribution < -0.4 is 4.90 Å². The zero-order chi connectivity index (χ0) is 30.2. The molecule has 0 radical (unpaired) electrons. The lowest BCUT2D eigenvalue weighted by Gasteiger charge is -2.21. The summed E-state index contributed by atoms with van der Waals surface area (Å²) in [6, 6.07) is 9.71. The van der Waals surface area contributed by atoms with Gasteiger partial charge in [0.2, 0.25) is 0 Å². The van der Waals surface area contributed by atoms with Gasteiger partial charge in [0.1, 0.15) is 28.0 Å². The van der Waals surface area contributed by atoms with E-state index >= 15 is 0 Å². The molecule has 8 nitrogen and oxygen atoms in total. The number of unbranched alkanes of at least 4 members (excludes halogenated alkanes) is 3. The zero-order valence-corrected chi connectivity index (χ0v) is 26.9. The number of carbonyl (C=O) groups excluding carboxylic acids is 1. The molecule has 0 amide bonds. The maximum Gasteiger partial charge on any atom is 0.291 e. The lowest BCUT2D eigenvalue weighted by molar-refractivity contribution is 0.0941. The van der Waals surface area contributed by atoms with Crippen molar-refractivity contribution in [1.29, 1.82) is 5.26 Å². The maximum atomic E-state index is 13.3. The average Bonchev–Trinajstić information content (AvgIpc) is 3.62. The lowest BCUT2D eigenvalue weighted by Crippen LogP contribution is -2.28. The molecule has 42 heavy (non-hydrogen) atoms. The topological polar surface area (TPSA) is 100 Å². The van der Waals surface area contributed by atoms with Crippen LogP contribution in [0.25, 0.3) is 11.3 Å². The highest BCUT2D eigenvalue weighted by atomic mass is 35.5. The highest BCUT2D eigenvalue weighted by Crippen LogP contribution is 2.43. The van der Waals surface area contributed by atoms with Crippen molar-refractivity contribution >= 4 is 44.7 Å². The van der Waals surface area contributed by atoms with E-state index in [1.54, 1.807) is 6.92 Å². The molecule has 2 aromatic heterocycles. The molecule has 3 heterocycles. The molecule has 222 valence electrons. The number of fused-ring (bicyclic) bond motifs is 1. The van der Waals surface area contributed by atoms with Gasteiger partial charge in [-0.15, -0.1) is 5.10 Å². The number of thiazole rings is 1. The van der Waals surface area contributed by atoms with Gasteiger partial charge in [-0.05, 0) is 38.7 Å². The molecule has 0 aliphatic carbocycles. The summed E-state index contributed by atoms with van der Waals surface area (Å²) in [5.41, 5.74) is 2.44. The molecular formula is C32H40ClN7OS. The van der Waals surface area contributed by atoms with Crippen LogP contribution >= 0.6 is 22.9 Å². The Bertz CT molecular complexity index is 1510. The maximum absolute atomic E-state index is 13.3. The lowest BCUT2D eigenvalue weighted by atomic mass is 9.98. The summed E-state index contributed by atoms with van der Waals surface area (Å²) in [5.74, 6) is 0.656. The van der Waals surface area contributed by atoms with Crippen LogP contribution in [-0.2, 0) is 0 Å². The Hall–Kier alpha value is -3.35. The first-order valence-electron chi connectivity index (χ1n) is 15.1. The van der Waals surface area contributed by atoms with Crippen molar-refractivity contribution in [3.8, 4) is 17.3 Å². The Morgan fingerprint density at radius 3 is 2.38 bits per heavy atom. The Balaban J connectivity index is 1.91. The molecule has 1 aliphatic heterocycles. The predicted octanol–water partition coefficient (Wildman–Crippen LogP) is 8.76. The van der Waals surface area contributed by atoms with E-state index in [1.807, 2.05) is 24.3 Å². The van der Waals surface area contributed by atoms with Gasteiger partial charge < -0.3 is 4.90 Å². The largest absolute Gasteiger partial charge is 0.348 e. The van der Waals surface area contributed by atoms with Crippen molar-refractivity contribution in [3.63, 3.8) is 0 Å². The van der Waals surface area contributed by atoms with Gasteiger partial charge in [0.15, 0.2) is 16.8 Å². The third kappa shape index (κ3) is 6.66. The molecule has 1 unspecified atom stereocenters. The highest BCUT2D eigenvalue weighted by Gasteiger charge is 2.34. The van der Waals surface area contributed by atoms with E-state index in [-0.39, 0.29) is 11.5 Å². The monoisotopic (exact) mass is 605 g/mol. The molecule has 0 spiro atoms. The summed E-state index contributed by atoms with van der Waals surface area (Å²) in [4.78, 5) is 30.7. The Morgan fingerprint density at radius 1 is 1.07 bits per heavy atom. The second-order valence-electron chi connectivity index (χ2n) is 10.7. The molecule has 4 rings (SSSR count).